The first-order chi connectivity index (χ1) is 14.6. The molecule has 2 aliphatic rings. The molecule has 0 radical (unpaired) electrons. The van der Waals surface area contributed by atoms with Gasteiger partial charge in [0, 0.05) is 19.1 Å². The Bertz CT molecular complexity index is 895. The Morgan fingerprint density at radius 3 is 2.33 bits per heavy atom. The van der Waals surface area contributed by atoms with Crippen LogP contribution in [0.3, 0.4) is 0 Å². The van der Waals surface area contributed by atoms with Crippen LogP contribution in [-0.2, 0) is 11.3 Å². The summed E-state index contributed by atoms with van der Waals surface area (Å²) in [5, 5.41) is 8.94. The fourth-order valence-electron chi connectivity index (χ4n) is 4.81. The first kappa shape index (κ1) is 20.6. The van der Waals surface area contributed by atoms with Gasteiger partial charge in [0.2, 0.25) is 5.91 Å². The zero-order chi connectivity index (χ0) is 21.0. The highest BCUT2D eigenvalue weighted by Gasteiger charge is 2.47. The van der Waals surface area contributed by atoms with E-state index in [0.29, 0.717) is 18.0 Å². The van der Waals surface area contributed by atoms with E-state index in [4.69, 9.17) is 11.0 Å². The van der Waals surface area contributed by atoms with Gasteiger partial charge < -0.3 is 15.5 Å². The summed E-state index contributed by atoms with van der Waals surface area (Å²) in [6.07, 6.45) is 3.78. The van der Waals surface area contributed by atoms with Crippen molar-refractivity contribution in [3.63, 3.8) is 0 Å². The van der Waals surface area contributed by atoms with Crippen LogP contribution in [0, 0.1) is 16.7 Å². The molecule has 1 amide bonds. The fraction of sp³-hybridized carbons (Fsp3) is 0.440. The molecule has 2 N–H and O–H groups in total. The first-order valence-electron chi connectivity index (χ1n) is 10.9. The Labute approximate surface area is 179 Å². The molecule has 2 aromatic carbocycles. The average Bonchev–Trinajstić information content (AvgIpc) is 3.09. The maximum Gasteiger partial charge on any atom is 0.229 e. The minimum atomic E-state index is -0.176. The highest BCUT2D eigenvalue weighted by Crippen LogP contribution is 2.42. The summed E-state index contributed by atoms with van der Waals surface area (Å²) in [7, 11) is 0. The monoisotopic (exact) mass is 402 g/mol. The number of carbonyl (C=O) groups is 1. The Morgan fingerprint density at radius 2 is 1.67 bits per heavy atom. The van der Waals surface area contributed by atoms with Gasteiger partial charge in [-0.3, -0.25) is 4.79 Å². The van der Waals surface area contributed by atoms with E-state index in [9.17, 15) is 4.79 Å². The summed E-state index contributed by atoms with van der Waals surface area (Å²) >= 11 is 0. The number of rotatable bonds is 6. The van der Waals surface area contributed by atoms with Gasteiger partial charge >= 0.3 is 0 Å². The van der Waals surface area contributed by atoms with E-state index >= 15 is 0 Å². The summed E-state index contributed by atoms with van der Waals surface area (Å²) < 4.78 is 0. The summed E-state index contributed by atoms with van der Waals surface area (Å²) in [4.78, 5) is 17.7. The average molecular weight is 403 g/mol. The van der Waals surface area contributed by atoms with Gasteiger partial charge in [-0.1, -0.05) is 42.5 Å². The lowest BCUT2D eigenvalue weighted by Crippen LogP contribution is -2.45. The Morgan fingerprint density at radius 1 is 1.00 bits per heavy atom. The lowest BCUT2D eigenvalue weighted by atomic mass is 9.77. The molecule has 2 heterocycles. The second-order valence-corrected chi connectivity index (χ2v) is 8.71. The van der Waals surface area contributed by atoms with Crippen LogP contribution in [0.1, 0.15) is 48.4 Å². The molecule has 156 valence electrons. The van der Waals surface area contributed by atoms with Crippen molar-refractivity contribution in [1.82, 2.24) is 9.80 Å². The number of nitrogens with two attached hydrogens (primary N) is 1. The molecule has 0 saturated carbocycles. The Kier molecular flexibility index (Phi) is 6.17. The van der Waals surface area contributed by atoms with Crippen LogP contribution < -0.4 is 5.73 Å². The molecule has 0 aliphatic carbocycles. The smallest absolute Gasteiger partial charge is 0.229 e. The topological polar surface area (TPSA) is 73.4 Å². The lowest BCUT2D eigenvalue weighted by Gasteiger charge is -2.38. The Hall–Kier alpha value is -2.68. The molecular formula is C25H30N4O. The second-order valence-electron chi connectivity index (χ2n) is 8.71. The van der Waals surface area contributed by atoms with Crippen molar-refractivity contribution in [2.75, 3.05) is 26.2 Å². The van der Waals surface area contributed by atoms with Gasteiger partial charge in [0.15, 0.2) is 0 Å². The summed E-state index contributed by atoms with van der Waals surface area (Å²) in [5.41, 5.74) is 9.11. The summed E-state index contributed by atoms with van der Waals surface area (Å²) in [6.45, 7) is 4.39. The van der Waals surface area contributed by atoms with Crippen LogP contribution in [0.15, 0.2) is 54.6 Å². The third kappa shape index (κ3) is 4.40. The number of nitriles is 1. The number of hydrogen-bond donors (Lipinski definition) is 1. The molecular weight excluding hydrogens is 372 g/mol. The standard InChI is InChI=1S/C25H30N4O/c26-18-20-6-8-21(9-7-20)19-29-17-13-25(24(29)30)11-15-28(16-12-25)14-10-23(27)22-4-2-1-3-5-22/h1-9,23H,10-17,19,27H2/t23-/m0/s1. The number of likely N-dealkylation sites (tertiary alicyclic amines) is 2. The quantitative estimate of drug-likeness (QED) is 0.803. The third-order valence-corrected chi connectivity index (χ3v) is 6.85. The van der Waals surface area contributed by atoms with Crippen molar-refractivity contribution < 1.29 is 4.79 Å². The van der Waals surface area contributed by atoms with Crippen molar-refractivity contribution in [2.45, 2.75) is 38.3 Å². The van der Waals surface area contributed by atoms with Gasteiger partial charge in [-0.2, -0.15) is 5.26 Å². The molecule has 0 aromatic heterocycles. The van der Waals surface area contributed by atoms with Crippen molar-refractivity contribution in [2.24, 2.45) is 11.1 Å². The molecule has 2 aliphatic heterocycles. The predicted octanol–water partition coefficient (Wildman–Crippen LogP) is 3.46. The molecule has 1 atom stereocenters. The van der Waals surface area contributed by atoms with Gasteiger partial charge in [0.05, 0.1) is 17.0 Å². The fourth-order valence-corrected chi connectivity index (χ4v) is 4.81. The van der Waals surface area contributed by atoms with Crippen molar-refractivity contribution >= 4 is 5.91 Å². The summed E-state index contributed by atoms with van der Waals surface area (Å²) in [6, 6.07) is 20.0. The van der Waals surface area contributed by atoms with Gasteiger partial charge in [-0.25, -0.2) is 0 Å². The molecule has 0 unspecified atom stereocenters. The van der Waals surface area contributed by atoms with E-state index in [-0.39, 0.29) is 11.5 Å². The van der Waals surface area contributed by atoms with Crippen LogP contribution in [0.2, 0.25) is 0 Å². The third-order valence-electron chi connectivity index (χ3n) is 6.85. The highest BCUT2D eigenvalue weighted by atomic mass is 16.2. The molecule has 2 aromatic rings. The SMILES string of the molecule is N#Cc1ccc(CN2CCC3(CCN(CC[C@H](N)c4ccccc4)CC3)C2=O)cc1. The second kappa shape index (κ2) is 8.99. The van der Waals surface area contributed by atoms with E-state index < -0.39 is 0 Å². The van der Waals surface area contributed by atoms with Crippen molar-refractivity contribution in [1.29, 1.82) is 5.26 Å². The maximum absolute atomic E-state index is 13.2. The van der Waals surface area contributed by atoms with Crippen molar-refractivity contribution in [3.8, 4) is 6.07 Å². The molecule has 0 bridgehead atoms. The molecule has 30 heavy (non-hydrogen) atoms. The van der Waals surface area contributed by atoms with Crippen LogP contribution >= 0.6 is 0 Å². The highest BCUT2D eigenvalue weighted by molar-refractivity contribution is 5.85. The lowest BCUT2D eigenvalue weighted by molar-refractivity contribution is -0.138. The number of hydrogen-bond acceptors (Lipinski definition) is 4. The van der Waals surface area contributed by atoms with Crippen LogP contribution in [0.4, 0.5) is 0 Å². The number of amides is 1. The minimum absolute atomic E-state index is 0.0677. The Balaban J connectivity index is 1.27. The number of carbonyl (C=O) groups excluding carboxylic acids is 1. The van der Waals surface area contributed by atoms with Crippen molar-refractivity contribution in [3.05, 3.63) is 71.3 Å². The summed E-state index contributed by atoms with van der Waals surface area (Å²) in [5.74, 6) is 0.312. The zero-order valence-electron chi connectivity index (χ0n) is 17.5. The van der Waals surface area contributed by atoms with Crippen LogP contribution in [-0.4, -0.2) is 41.9 Å². The molecule has 5 nitrogen and oxygen atoms in total. The molecule has 4 rings (SSSR count). The number of benzene rings is 2. The van der Waals surface area contributed by atoms with Gasteiger partial charge in [-0.15, -0.1) is 0 Å². The number of piperidine rings is 1. The largest absolute Gasteiger partial charge is 0.338 e. The van der Waals surface area contributed by atoms with Crippen LogP contribution in [0.5, 0.6) is 0 Å². The molecule has 2 saturated heterocycles. The predicted molar refractivity (Wildman–Crippen MR) is 117 cm³/mol. The normalized spacial score (nSPS) is 19.7. The van der Waals surface area contributed by atoms with Gasteiger partial charge in [-0.05, 0) is 68.6 Å². The van der Waals surface area contributed by atoms with Gasteiger partial charge in [0.1, 0.15) is 0 Å². The van der Waals surface area contributed by atoms with E-state index in [0.717, 1.165) is 57.4 Å². The molecule has 1 spiro atoms. The van der Waals surface area contributed by atoms with Crippen LogP contribution in [0.25, 0.3) is 0 Å². The molecule has 5 heteroatoms. The zero-order valence-corrected chi connectivity index (χ0v) is 17.5. The maximum atomic E-state index is 13.2. The van der Waals surface area contributed by atoms with E-state index in [1.165, 1.54) is 5.56 Å². The number of nitrogens with zero attached hydrogens (tertiary/aromatic N) is 3. The molecule has 2 fully saturated rings. The van der Waals surface area contributed by atoms with E-state index in [1.54, 1.807) is 0 Å². The van der Waals surface area contributed by atoms with Gasteiger partial charge in [0.25, 0.3) is 0 Å². The van der Waals surface area contributed by atoms with E-state index in [2.05, 4.69) is 23.1 Å². The van der Waals surface area contributed by atoms with E-state index in [1.807, 2.05) is 47.4 Å². The first-order valence-corrected chi connectivity index (χ1v) is 10.9. The minimum Gasteiger partial charge on any atom is -0.338 e.